The van der Waals surface area contributed by atoms with Gasteiger partial charge in [0.05, 0.1) is 17.5 Å². The number of carbonyl (C=O) groups is 2. The van der Waals surface area contributed by atoms with Gasteiger partial charge >= 0.3 is 5.97 Å². The van der Waals surface area contributed by atoms with Crippen LogP contribution in [0.15, 0.2) is 78.9 Å². The van der Waals surface area contributed by atoms with Gasteiger partial charge in [0.15, 0.2) is 0 Å². The third kappa shape index (κ3) is 3.59. The number of nitrogens with zero attached hydrogens (tertiary/aromatic N) is 1. The summed E-state index contributed by atoms with van der Waals surface area (Å²) in [5, 5.41) is 9.92. The molecule has 5 rings (SSSR count). The van der Waals surface area contributed by atoms with Crippen LogP contribution < -0.4 is 4.90 Å². The second kappa shape index (κ2) is 7.96. The molecule has 0 saturated heterocycles. The zero-order chi connectivity index (χ0) is 21.3. The second-order valence-electron chi connectivity index (χ2n) is 7.79. The van der Waals surface area contributed by atoms with Crippen LogP contribution >= 0.6 is 11.6 Å². The number of amides is 1. The molecule has 4 nitrogen and oxygen atoms in total. The Kier molecular flexibility index (Phi) is 5.35. The van der Waals surface area contributed by atoms with Crippen molar-refractivity contribution in [3.63, 3.8) is 0 Å². The molecule has 1 N–H and O–H groups in total. The van der Waals surface area contributed by atoms with Crippen molar-refractivity contribution >= 4 is 29.2 Å². The topological polar surface area (TPSA) is 57.6 Å². The van der Waals surface area contributed by atoms with E-state index in [0.29, 0.717) is 12.5 Å². The van der Waals surface area contributed by atoms with Gasteiger partial charge in [0.2, 0.25) is 5.91 Å². The number of carboxylic acid groups (broad SMARTS) is 1. The van der Waals surface area contributed by atoms with Gasteiger partial charge in [-0.25, -0.2) is 4.79 Å². The summed E-state index contributed by atoms with van der Waals surface area (Å²) < 4.78 is 0. The second-order valence-corrected chi connectivity index (χ2v) is 8.22. The lowest BCUT2D eigenvalue weighted by atomic mass is 9.95. The van der Waals surface area contributed by atoms with Crippen molar-refractivity contribution in [1.82, 2.24) is 0 Å². The van der Waals surface area contributed by atoms with Crippen LogP contribution in [0.25, 0.3) is 0 Å². The molecule has 1 aliphatic carbocycles. The van der Waals surface area contributed by atoms with E-state index in [1.54, 1.807) is 23.1 Å². The molecule has 3 aromatic rings. The highest BCUT2D eigenvalue weighted by Gasteiger charge is 2.64. The number of anilines is 1. The first kappa shape index (κ1) is 20.2. The number of para-hydroxylation sites is 1. The molecule has 152 valence electrons. The van der Waals surface area contributed by atoms with Crippen LogP contribution in [0.1, 0.15) is 34.8 Å². The average Bonchev–Trinajstić information content (AvgIpc) is 3.38. The first-order chi connectivity index (χ1) is 14.4. The number of carbonyl (C=O) groups excluding carboxylic acids is 1. The Bertz CT molecular complexity index is 1100. The zero-order valence-electron chi connectivity index (χ0n) is 16.6. The first-order valence-electron chi connectivity index (χ1n) is 9.88. The Hall–Kier alpha value is -3.11. The van der Waals surface area contributed by atoms with Crippen molar-refractivity contribution in [2.75, 3.05) is 4.90 Å². The highest BCUT2D eigenvalue weighted by Crippen LogP contribution is 2.61. The first-order valence-corrected chi connectivity index (χ1v) is 10.3. The fourth-order valence-electron chi connectivity index (χ4n) is 4.21. The summed E-state index contributed by atoms with van der Waals surface area (Å²) in [6, 6.07) is 24.2. The monoisotopic (exact) mass is 419 g/mol. The van der Waals surface area contributed by atoms with Crippen molar-refractivity contribution in [3.05, 3.63) is 101 Å². The summed E-state index contributed by atoms with van der Waals surface area (Å²) in [6.45, 7) is 2.52. The molecule has 5 heteroatoms. The van der Waals surface area contributed by atoms with Crippen LogP contribution in [-0.2, 0) is 16.8 Å². The highest BCUT2D eigenvalue weighted by atomic mass is 35.5. The number of fused-ring (bicyclic) bond motifs is 2. The Balaban J connectivity index is 0.000000265. The van der Waals surface area contributed by atoms with Gasteiger partial charge in [-0.3, -0.25) is 4.79 Å². The fourth-order valence-corrected chi connectivity index (χ4v) is 4.35. The summed E-state index contributed by atoms with van der Waals surface area (Å²) in [4.78, 5) is 25.9. The number of hydrogen-bond donors (Lipinski definition) is 1. The molecular weight excluding hydrogens is 398 g/mol. The third-order valence-electron chi connectivity index (χ3n) is 5.86. The summed E-state index contributed by atoms with van der Waals surface area (Å²) in [5.41, 5.74) is 2.81. The van der Waals surface area contributed by atoms with Gasteiger partial charge in [-0.1, -0.05) is 67.1 Å². The fraction of sp³-hybridized carbons (Fsp3) is 0.200. The van der Waals surface area contributed by atoms with E-state index in [0.717, 1.165) is 28.3 Å². The maximum absolute atomic E-state index is 13.0. The van der Waals surface area contributed by atoms with E-state index in [1.807, 2.05) is 60.7 Å². The average molecular weight is 420 g/mol. The minimum Gasteiger partial charge on any atom is -0.478 e. The molecule has 1 fully saturated rings. The van der Waals surface area contributed by atoms with Gasteiger partial charge in [0, 0.05) is 10.7 Å². The number of rotatable bonds is 3. The molecule has 30 heavy (non-hydrogen) atoms. The van der Waals surface area contributed by atoms with Crippen molar-refractivity contribution in [3.8, 4) is 0 Å². The van der Waals surface area contributed by atoms with E-state index in [2.05, 4.69) is 6.92 Å². The van der Waals surface area contributed by atoms with Gasteiger partial charge in [-0.15, -0.1) is 0 Å². The molecule has 1 unspecified atom stereocenters. The normalized spacial score (nSPS) is 21.1. The number of halogens is 1. The van der Waals surface area contributed by atoms with E-state index in [4.69, 9.17) is 16.7 Å². The van der Waals surface area contributed by atoms with E-state index < -0.39 is 5.97 Å². The molecule has 1 spiro atoms. The van der Waals surface area contributed by atoms with Crippen LogP contribution in [0.4, 0.5) is 5.69 Å². The van der Waals surface area contributed by atoms with E-state index in [9.17, 15) is 9.59 Å². The maximum atomic E-state index is 13.0. The number of carboxylic acids is 1. The van der Waals surface area contributed by atoms with Crippen molar-refractivity contribution in [1.29, 1.82) is 0 Å². The SMILES string of the molecule is CC1C[C@@]12C(=O)N(Cc1cccc(C(=O)O)c1)c1ccccc12.Clc1ccccc1. The minimum absolute atomic E-state index is 0.145. The van der Waals surface area contributed by atoms with Crippen LogP contribution in [0, 0.1) is 5.92 Å². The van der Waals surface area contributed by atoms with Gasteiger partial charge in [0.1, 0.15) is 0 Å². The van der Waals surface area contributed by atoms with Gasteiger partial charge < -0.3 is 10.0 Å². The van der Waals surface area contributed by atoms with Crippen molar-refractivity contribution < 1.29 is 14.7 Å². The molecule has 1 saturated carbocycles. The Labute approximate surface area is 180 Å². The minimum atomic E-state index is -0.952. The molecule has 1 amide bonds. The van der Waals surface area contributed by atoms with Crippen LogP contribution in [0.5, 0.6) is 0 Å². The zero-order valence-corrected chi connectivity index (χ0v) is 17.3. The van der Waals surface area contributed by atoms with Crippen LogP contribution in [0.3, 0.4) is 0 Å². The lowest BCUT2D eigenvalue weighted by molar-refractivity contribution is -0.120. The predicted molar refractivity (Wildman–Crippen MR) is 118 cm³/mol. The van der Waals surface area contributed by atoms with Crippen LogP contribution in [0.2, 0.25) is 5.02 Å². The molecule has 3 aromatic carbocycles. The maximum Gasteiger partial charge on any atom is 0.335 e. The highest BCUT2D eigenvalue weighted by molar-refractivity contribution is 6.30. The summed E-state index contributed by atoms with van der Waals surface area (Å²) in [7, 11) is 0. The van der Waals surface area contributed by atoms with Crippen LogP contribution in [-0.4, -0.2) is 17.0 Å². The van der Waals surface area contributed by atoms with Gasteiger partial charge in [0.25, 0.3) is 0 Å². The molecule has 1 aliphatic heterocycles. The van der Waals surface area contributed by atoms with E-state index in [-0.39, 0.29) is 16.9 Å². The quantitative estimate of drug-likeness (QED) is 0.605. The predicted octanol–water partition coefficient (Wildman–Crippen LogP) is 5.55. The van der Waals surface area contributed by atoms with E-state index >= 15 is 0 Å². The molecule has 0 radical (unpaired) electrons. The summed E-state index contributed by atoms with van der Waals surface area (Å²) >= 11 is 5.54. The lowest BCUT2D eigenvalue weighted by Crippen LogP contribution is -2.32. The van der Waals surface area contributed by atoms with Gasteiger partial charge in [-0.05, 0) is 53.8 Å². The standard InChI is InChI=1S/C19H17NO3.C6H5Cl/c1-12-10-19(12)15-7-2-3-8-16(15)20(18(19)23)11-13-5-4-6-14(9-13)17(21)22;7-6-4-2-1-3-5-6/h2-9,12H,10-11H2,1H3,(H,21,22);1-5H/t12?,19-;/m1./s1. The van der Waals surface area contributed by atoms with E-state index in [1.165, 1.54) is 0 Å². The summed E-state index contributed by atoms with van der Waals surface area (Å²) in [5.74, 6) is -0.439. The number of benzene rings is 3. The van der Waals surface area contributed by atoms with Crippen molar-refractivity contribution in [2.24, 2.45) is 5.92 Å². The third-order valence-corrected chi connectivity index (χ3v) is 6.11. The molecule has 1 heterocycles. The van der Waals surface area contributed by atoms with Gasteiger partial charge in [-0.2, -0.15) is 0 Å². The van der Waals surface area contributed by atoms with Crippen molar-refractivity contribution in [2.45, 2.75) is 25.3 Å². The molecule has 2 atom stereocenters. The Morgan fingerprint density at radius 2 is 1.73 bits per heavy atom. The lowest BCUT2D eigenvalue weighted by Gasteiger charge is -2.18. The number of aromatic carboxylic acids is 1. The molecule has 0 aromatic heterocycles. The molecular formula is C25H22ClNO3. The molecule has 0 bridgehead atoms. The largest absolute Gasteiger partial charge is 0.478 e. The Morgan fingerprint density at radius 1 is 1.07 bits per heavy atom. The Morgan fingerprint density at radius 3 is 2.33 bits per heavy atom. The molecule has 2 aliphatic rings. The smallest absolute Gasteiger partial charge is 0.335 e. The number of hydrogen-bond acceptors (Lipinski definition) is 2. The summed E-state index contributed by atoms with van der Waals surface area (Å²) in [6.07, 6.45) is 0.897.